The largest absolute Gasteiger partial charge is 0.456 e. The molecule has 4 N–H and O–H groups in total. The van der Waals surface area contributed by atoms with Gasteiger partial charge in [0.1, 0.15) is 0 Å². The quantitative estimate of drug-likeness (QED) is 0.349. The third-order valence-electron chi connectivity index (χ3n) is 2.50. The second-order valence-corrected chi connectivity index (χ2v) is 4.84. The van der Waals surface area contributed by atoms with Gasteiger partial charge in [-0.3, -0.25) is 11.1 Å². The molecule has 0 spiro atoms. The number of benzene rings is 2. The topological polar surface area (TPSA) is 78.3 Å². The molecule has 0 heterocycles. The fourth-order valence-corrected chi connectivity index (χ4v) is 1.79. The number of anilines is 1. The number of amidine groups is 1. The molecule has 0 aromatic heterocycles. The van der Waals surface area contributed by atoms with Crippen LogP contribution >= 0.6 is 23.2 Å². The van der Waals surface area contributed by atoms with Crippen molar-refractivity contribution in [3.8, 4) is 0 Å². The van der Waals surface area contributed by atoms with E-state index in [1.54, 1.807) is 24.3 Å². The lowest BCUT2D eigenvalue weighted by atomic mass is 10.2. The van der Waals surface area contributed by atoms with Gasteiger partial charge in [0.25, 0.3) is 0 Å². The molecule has 2 aromatic carbocycles. The van der Waals surface area contributed by atoms with E-state index in [0.29, 0.717) is 21.3 Å². The Bertz CT molecular complexity index is 675. The Morgan fingerprint density at radius 1 is 1.10 bits per heavy atom. The number of nitrogen functional groups attached to an aromatic ring is 1. The molecule has 0 saturated carbocycles. The van der Waals surface area contributed by atoms with E-state index in [-0.39, 0.29) is 5.84 Å². The number of carbonyl (C=O) groups is 1. The van der Waals surface area contributed by atoms with E-state index in [0.717, 1.165) is 0 Å². The number of amides is 1. The predicted molar refractivity (Wildman–Crippen MR) is 82.3 cm³/mol. The minimum Gasteiger partial charge on any atom is -0.288 e. The molecule has 0 aliphatic heterocycles. The minimum atomic E-state index is -0.729. The molecular formula is C14H12Cl2N3O2+. The fourth-order valence-electron chi connectivity index (χ4n) is 1.50. The molecule has 0 fully saturated rings. The van der Waals surface area contributed by atoms with Gasteiger partial charge in [-0.15, -0.1) is 0 Å². The number of hydrogen-bond acceptors (Lipinski definition) is 2. The molecule has 2 aromatic rings. The van der Waals surface area contributed by atoms with Crippen LogP contribution in [-0.2, 0) is 4.84 Å². The molecule has 0 aliphatic carbocycles. The molecule has 108 valence electrons. The lowest BCUT2D eigenvalue weighted by molar-refractivity contribution is -0.720. The number of nitrogens with two attached hydrogens (primary N) is 1. The summed E-state index contributed by atoms with van der Waals surface area (Å²) in [7, 11) is 0. The first kappa shape index (κ1) is 15.2. The average molecular weight is 325 g/mol. The van der Waals surface area contributed by atoms with Crippen molar-refractivity contribution in [2.24, 2.45) is 5.73 Å². The van der Waals surface area contributed by atoms with E-state index >= 15 is 0 Å². The second-order valence-electron chi connectivity index (χ2n) is 4.03. The number of hydrogen-bond donors (Lipinski definition) is 3. The van der Waals surface area contributed by atoms with Crippen molar-refractivity contribution in [2.75, 3.05) is 5.32 Å². The van der Waals surface area contributed by atoms with Gasteiger partial charge in [0.05, 0.1) is 15.6 Å². The van der Waals surface area contributed by atoms with E-state index in [2.05, 4.69) is 10.5 Å². The Hall–Kier alpha value is -2.24. The van der Waals surface area contributed by atoms with Gasteiger partial charge in [0, 0.05) is 5.69 Å². The zero-order chi connectivity index (χ0) is 15.2. The molecule has 2 rings (SSSR count). The summed E-state index contributed by atoms with van der Waals surface area (Å²) in [6.07, 6.45) is -0.729. The van der Waals surface area contributed by atoms with Crippen molar-refractivity contribution in [1.29, 1.82) is 0 Å². The van der Waals surface area contributed by atoms with Crippen molar-refractivity contribution < 1.29 is 14.8 Å². The summed E-state index contributed by atoms with van der Waals surface area (Å²) in [4.78, 5) is 16.4. The summed E-state index contributed by atoms with van der Waals surface area (Å²) >= 11 is 11.6. The van der Waals surface area contributed by atoms with Crippen molar-refractivity contribution in [3.63, 3.8) is 0 Å². The van der Waals surface area contributed by atoms with Gasteiger partial charge < -0.3 is 0 Å². The standard InChI is InChI=1S/C14H11Cl2N3O2/c15-11-7-6-10(8-12(11)16)18-14(20)21-19-13(17)9-4-2-1-3-5-9/h1-8H,(H2,17,19)(H,18,20)/p+1. The first-order valence-corrected chi connectivity index (χ1v) is 6.68. The van der Waals surface area contributed by atoms with E-state index in [1.807, 2.05) is 18.2 Å². The van der Waals surface area contributed by atoms with Gasteiger partial charge in [-0.05, 0) is 30.3 Å². The molecule has 5 nitrogen and oxygen atoms in total. The van der Waals surface area contributed by atoms with Crippen LogP contribution in [0.5, 0.6) is 0 Å². The van der Waals surface area contributed by atoms with Crippen LogP contribution in [0, 0.1) is 0 Å². The Morgan fingerprint density at radius 3 is 2.48 bits per heavy atom. The molecule has 0 bridgehead atoms. The molecule has 0 unspecified atom stereocenters. The summed E-state index contributed by atoms with van der Waals surface area (Å²) in [5.41, 5.74) is 6.90. The first-order valence-electron chi connectivity index (χ1n) is 5.93. The Morgan fingerprint density at radius 2 is 1.81 bits per heavy atom. The van der Waals surface area contributed by atoms with Gasteiger partial charge in [0.2, 0.25) is 0 Å². The summed E-state index contributed by atoms with van der Waals surface area (Å²) < 4.78 is 0. The van der Waals surface area contributed by atoms with Crippen molar-refractivity contribution in [2.45, 2.75) is 0 Å². The number of halogens is 2. The Balaban J connectivity index is 1.97. The van der Waals surface area contributed by atoms with Crippen LogP contribution in [0.1, 0.15) is 5.56 Å². The summed E-state index contributed by atoms with van der Waals surface area (Å²) in [6.45, 7) is 0. The molecule has 1 amide bonds. The zero-order valence-corrected chi connectivity index (χ0v) is 12.3. The summed E-state index contributed by atoms with van der Waals surface area (Å²) in [6, 6.07) is 13.7. The van der Waals surface area contributed by atoms with Crippen LogP contribution in [0.2, 0.25) is 10.0 Å². The summed E-state index contributed by atoms with van der Waals surface area (Å²) in [5.74, 6) is 0.222. The van der Waals surface area contributed by atoms with Gasteiger partial charge >= 0.3 is 11.9 Å². The van der Waals surface area contributed by atoms with E-state index < -0.39 is 6.09 Å². The molecule has 0 radical (unpaired) electrons. The summed E-state index contributed by atoms with van der Waals surface area (Å²) in [5, 5.41) is 5.58. The molecule has 21 heavy (non-hydrogen) atoms. The molecule has 0 aliphatic rings. The van der Waals surface area contributed by atoms with Crippen LogP contribution in [0.4, 0.5) is 10.5 Å². The predicted octanol–water partition coefficient (Wildman–Crippen LogP) is 1.94. The van der Waals surface area contributed by atoms with Crippen LogP contribution < -0.4 is 16.2 Å². The van der Waals surface area contributed by atoms with Crippen LogP contribution in [-0.4, -0.2) is 11.9 Å². The zero-order valence-electron chi connectivity index (χ0n) is 10.8. The maximum absolute atomic E-state index is 11.6. The van der Waals surface area contributed by atoms with Gasteiger partial charge in [-0.25, -0.2) is 9.63 Å². The highest BCUT2D eigenvalue weighted by molar-refractivity contribution is 6.42. The SMILES string of the molecule is NC(=[NH+]OC(=O)Nc1ccc(Cl)c(Cl)c1)c1ccccc1. The molecule has 0 atom stereocenters. The van der Waals surface area contributed by atoms with Gasteiger partial charge in [-0.2, -0.15) is 0 Å². The first-order chi connectivity index (χ1) is 10.1. The smallest absolute Gasteiger partial charge is 0.288 e. The maximum atomic E-state index is 11.6. The lowest BCUT2D eigenvalue weighted by Crippen LogP contribution is -2.76. The number of carbonyl (C=O) groups excluding carboxylic acids is 1. The van der Waals surface area contributed by atoms with Crippen molar-refractivity contribution >= 4 is 40.8 Å². The third-order valence-corrected chi connectivity index (χ3v) is 3.24. The molecule has 7 heteroatoms. The molecular weight excluding hydrogens is 313 g/mol. The van der Waals surface area contributed by atoms with Crippen LogP contribution in [0.3, 0.4) is 0 Å². The molecule has 0 saturated heterocycles. The van der Waals surface area contributed by atoms with E-state index in [9.17, 15) is 4.79 Å². The fraction of sp³-hybridized carbons (Fsp3) is 0. The Kier molecular flexibility index (Phi) is 5.03. The van der Waals surface area contributed by atoms with Crippen LogP contribution in [0.25, 0.3) is 0 Å². The third kappa shape index (κ3) is 4.37. The highest BCUT2D eigenvalue weighted by atomic mass is 35.5. The van der Waals surface area contributed by atoms with E-state index in [4.69, 9.17) is 33.8 Å². The monoisotopic (exact) mass is 324 g/mol. The second kappa shape index (κ2) is 6.97. The van der Waals surface area contributed by atoms with Gasteiger partial charge in [-0.1, -0.05) is 46.6 Å². The highest BCUT2D eigenvalue weighted by Gasteiger charge is 2.08. The van der Waals surface area contributed by atoms with Crippen molar-refractivity contribution in [3.05, 3.63) is 64.1 Å². The van der Waals surface area contributed by atoms with Gasteiger partial charge in [0.15, 0.2) is 0 Å². The Labute approximate surface area is 131 Å². The van der Waals surface area contributed by atoms with E-state index in [1.165, 1.54) is 6.07 Å². The minimum absolute atomic E-state index is 0.222. The normalized spacial score (nSPS) is 11.0. The lowest BCUT2D eigenvalue weighted by Gasteiger charge is -2.03. The number of rotatable bonds is 3. The number of nitrogens with one attached hydrogen (secondary N) is 2. The maximum Gasteiger partial charge on any atom is 0.456 e. The highest BCUT2D eigenvalue weighted by Crippen LogP contribution is 2.24. The van der Waals surface area contributed by atoms with Crippen LogP contribution in [0.15, 0.2) is 48.5 Å². The average Bonchev–Trinajstić information content (AvgIpc) is 2.49. The van der Waals surface area contributed by atoms with Crippen molar-refractivity contribution in [1.82, 2.24) is 0 Å².